The van der Waals surface area contributed by atoms with Gasteiger partial charge in [-0.3, -0.25) is 0 Å². The Labute approximate surface area is 79.3 Å². The number of nitrogens with two attached hydrogens (primary N) is 1. The second-order valence-electron chi connectivity index (χ2n) is 4.63. The van der Waals surface area contributed by atoms with Crippen LogP contribution in [0.1, 0.15) is 26.2 Å². The van der Waals surface area contributed by atoms with E-state index < -0.39 is 5.60 Å². The Morgan fingerprint density at radius 1 is 1.62 bits per heavy atom. The summed E-state index contributed by atoms with van der Waals surface area (Å²) >= 11 is 0. The van der Waals surface area contributed by atoms with Crippen LogP contribution < -0.4 is 5.73 Å². The van der Waals surface area contributed by atoms with Crippen LogP contribution in [0.25, 0.3) is 0 Å². The minimum Gasteiger partial charge on any atom is -0.387 e. The van der Waals surface area contributed by atoms with Crippen LogP contribution >= 0.6 is 0 Å². The normalized spacial score (nSPS) is 42.2. The topological polar surface area (TPSA) is 55.5 Å². The summed E-state index contributed by atoms with van der Waals surface area (Å²) in [5.41, 5.74) is 4.91. The third-order valence-corrected chi connectivity index (χ3v) is 3.52. The minimum atomic E-state index is -0.651. The Morgan fingerprint density at radius 3 is 2.85 bits per heavy atom. The summed E-state index contributed by atoms with van der Waals surface area (Å²) < 4.78 is 5.61. The molecule has 3 heteroatoms. The lowest BCUT2D eigenvalue weighted by Crippen LogP contribution is -2.41. The van der Waals surface area contributed by atoms with Crippen molar-refractivity contribution >= 4 is 0 Å². The van der Waals surface area contributed by atoms with Crippen LogP contribution in [0.5, 0.6) is 0 Å². The van der Waals surface area contributed by atoms with Gasteiger partial charge >= 0.3 is 0 Å². The Bertz CT molecular complexity index is 193. The van der Waals surface area contributed by atoms with Gasteiger partial charge in [0.15, 0.2) is 0 Å². The van der Waals surface area contributed by atoms with E-state index in [-0.39, 0.29) is 5.92 Å². The molecule has 1 aliphatic carbocycles. The van der Waals surface area contributed by atoms with E-state index >= 15 is 0 Å². The van der Waals surface area contributed by atoms with Crippen LogP contribution in [-0.4, -0.2) is 30.0 Å². The van der Waals surface area contributed by atoms with Gasteiger partial charge in [-0.2, -0.15) is 0 Å². The maximum Gasteiger partial charge on any atom is 0.0942 e. The fourth-order valence-electron chi connectivity index (χ4n) is 2.05. The lowest BCUT2D eigenvalue weighted by atomic mass is 9.86. The lowest BCUT2D eigenvalue weighted by Gasteiger charge is -2.27. The summed E-state index contributed by atoms with van der Waals surface area (Å²) in [6.45, 7) is 3.02. The molecule has 3 atom stereocenters. The number of rotatable bonds is 3. The average Bonchev–Trinajstić information content (AvgIpc) is 2.90. The Morgan fingerprint density at radius 2 is 2.31 bits per heavy atom. The molecule has 3 nitrogen and oxygen atoms in total. The van der Waals surface area contributed by atoms with Gasteiger partial charge < -0.3 is 15.6 Å². The van der Waals surface area contributed by atoms with Gasteiger partial charge in [0, 0.05) is 6.42 Å². The van der Waals surface area contributed by atoms with E-state index in [4.69, 9.17) is 10.5 Å². The largest absolute Gasteiger partial charge is 0.387 e. The maximum absolute atomic E-state index is 10.2. The molecule has 0 aromatic rings. The SMILES string of the molecule is CC(CN)C1(O)COC(C2CC2)C1. The summed E-state index contributed by atoms with van der Waals surface area (Å²) in [5, 5.41) is 10.2. The van der Waals surface area contributed by atoms with E-state index in [9.17, 15) is 5.11 Å². The quantitative estimate of drug-likeness (QED) is 0.673. The van der Waals surface area contributed by atoms with Crippen molar-refractivity contribution in [3.63, 3.8) is 0 Å². The highest BCUT2D eigenvalue weighted by atomic mass is 16.5. The first-order valence-electron chi connectivity index (χ1n) is 5.20. The molecule has 0 bridgehead atoms. The third kappa shape index (κ3) is 1.73. The van der Waals surface area contributed by atoms with E-state index in [1.807, 2.05) is 6.92 Å². The minimum absolute atomic E-state index is 0.149. The van der Waals surface area contributed by atoms with Crippen LogP contribution in [-0.2, 0) is 4.74 Å². The van der Waals surface area contributed by atoms with Gasteiger partial charge in [-0.25, -0.2) is 0 Å². The van der Waals surface area contributed by atoms with Gasteiger partial charge in [0.25, 0.3) is 0 Å². The highest BCUT2D eigenvalue weighted by molar-refractivity contribution is 4.97. The van der Waals surface area contributed by atoms with Crippen molar-refractivity contribution in [1.29, 1.82) is 0 Å². The number of ether oxygens (including phenoxy) is 1. The Kier molecular flexibility index (Phi) is 2.34. The molecular weight excluding hydrogens is 166 g/mol. The molecule has 1 saturated heterocycles. The van der Waals surface area contributed by atoms with E-state index in [0.717, 1.165) is 12.3 Å². The van der Waals surface area contributed by atoms with Crippen molar-refractivity contribution in [2.45, 2.75) is 37.9 Å². The van der Waals surface area contributed by atoms with Crippen LogP contribution in [0.4, 0.5) is 0 Å². The second kappa shape index (κ2) is 3.23. The summed E-state index contributed by atoms with van der Waals surface area (Å²) in [7, 11) is 0. The molecule has 3 N–H and O–H groups in total. The van der Waals surface area contributed by atoms with Gasteiger partial charge in [0.2, 0.25) is 0 Å². The molecule has 0 radical (unpaired) electrons. The summed E-state index contributed by atoms with van der Waals surface area (Å²) in [4.78, 5) is 0. The van der Waals surface area contributed by atoms with Gasteiger partial charge in [-0.15, -0.1) is 0 Å². The van der Waals surface area contributed by atoms with Crippen LogP contribution in [0, 0.1) is 11.8 Å². The molecule has 2 fully saturated rings. The van der Waals surface area contributed by atoms with Crippen LogP contribution in [0.15, 0.2) is 0 Å². The molecule has 0 aromatic heterocycles. The fourth-order valence-corrected chi connectivity index (χ4v) is 2.05. The molecule has 3 unspecified atom stereocenters. The predicted molar refractivity (Wildman–Crippen MR) is 50.2 cm³/mol. The maximum atomic E-state index is 10.2. The zero-order valence-corrected chi connectivity index (χ0v) is 8.20. The molecular formula is C10H19NO2. The molecule has 1 aliphatic heterocycles. The van der Waals surface area contributed by atoms with E-state index in [0.29, 0.717) is 19.3 Å². The van der Waals surface area contributed by atoms with Crippen molar-refractivity contribution < 1.29 is 9.84 Å². The summed E-state index contributed by atoms with van der Waals surface area (Å²) in [6.07, 6.45) is 3.64. The molecule has 0 spiro atoms. The standard InChI is InChI=1S/C10H19NO2/c1-7(5-11)10(12)4-9(13-6-10)8-2-3-8/h7-9,12H,2-6,11H2,1H3. The first kappa shape index (κ1) is 9.44. The first-order valence-corrected chi connectivity index (χ1v) is 5.20. The van der Waals surface area contributed by atoms with Gasteiger partial charge in [0.1, 0.15) is 0 Å². The molecule has 2 rings (SSSR count). The van der Waals surface area contributed by atoms with E-state index in [1.165, 1.54) is 12.8 Å². The lowest BCUT2D eigenvalue weighted by molar-refractivity contribution is -0.0180. The van der Waals surface area contributed by atoms with Gasteiger partial charge in [-0.05, 0) is 31.2 Å². The van der Waals surface area contributed by atoms with Crippen molar-refractivity contribution in [2.75, 3.05) is 13.2 Å². The zero-order chi connectivity index (χ0) is 9.47. The number of hydrogen-bond acceptors (Lipinski definition) is 3. The average molecular weight is 185 g/mol. The highest BCUT2D eigenvalue weighted by Crippen LogP contribution is 2.43. The van der Waals surface area contributed by atoms with Gasteiger partial charge in [-0.1, -0.05) is 6.92 Å². The summed E-state index contributed by atoms with van der Waals surface area (Å²) in [6, 6.07) is 0. The summed E-state index contributed by atoms with van der Waals surface area (Å²) in [5.74, 6) is 0.871. The molecule has 1 heterocycles. The number of hydrogen-bond donors (Lipinski definition) is 2. The zero-order valence-electron chi connectivity index (χ0n) is 8.20. The highest BCUT2D eigenvalue weighted by Gasteiger charge is 2.47. The molecule has 2 aliphatic rings. The predicted octanol–water partition coefficient (Wildman–Crippen LogP) is 0.511. The third-order valence-electron chi connectivity index (χ3n) is 3.52. The van der Waals surface area contributed by atoms with Crippen molar-refractivity contribution in [3.8, 4) is 0 Å². The fraction of sp³-hybridized carbons (Fsp3) is 1.00. The smallest absolute Gasteiger partial charge is 0.0942 e. The Hall–Kier alpha value is -0.120. The van der Waals surface area contributed by atoms with Crippen LogP contribution in [0.2, 0.25) is 0 Å². The monoisotopic (exact) mass is 185 g/mol. The molecule has 76 valence electrons. The van der Waals surface area contributed by atoms with Gasteiger partial charge in [0.05, 0.1) is 18.3 Å². The van der Waals surface area contributed by atoms with Crippen molar-refractivity contribution in [2.24, 2.45) is 17.6 Å². The van der Waals surface area contributed by atoms with E-state index in [1.54, 1.807) is 0 Å². The molecule has 0 amide bonds. The molecule has 0 aromatic carbocycles. The Balaban J connectivity index is 1.94. The van der Waals surface area contributed by atoms with E-state index in [2.05, 4.69) is 0 Å². The van der Waals surface area contributed by atoms with Crippen molar-refractivity contribution in [3.05, 3.63) is 0 Å². The van der Waals surface area contributed by atoms with Crippen molar-refractivity contribution in [1.82, 2.24) is 0 Å². The number of aliphatic hydroxyl groups is 1. The molecule has 13 heavy (non-hydrogen) atoms. The van der Waals surface area contributed by atoms with Crippen LogP contribution in [0.3, 0.4) is 0 Å². The second-order valence-corrected chi connectivity index (χ2v) is 4.63. The molecule has 1 saturated carbocycles. The first-order chi connectivity index (χ1) is 6.15.